The summed E-state index contributed by atoms with van der Waals surface area (Å²) in [5.41, 5.74) is 7.96. The fourth-order valence-electron chi connectivity index (χ4n) is 2.13. The molecule has 0 amide bonds. The Morgan fingerprint density at radius 2 is 2.38 bits per heavy atom. The lowest BCUT2D eigenvalue weighted by atomic mass is 10.0. The number of nitrogens with two attached hydrogens (primary N) is 1. The summed E-state index contributed by atoms with van der Waals surface area (Å²) < 4.78 is 5.69. The van der Waals surface area contributed by atoms with E-state index in [1.54, 1.807) is 0 Å². The van der Waals surface area contributed by atoms with Crippen molar-refractivity contribution in [3.05, 3.63) is 29.6 Å². The van der Waals surface area contributed by atoms with Crippen LogP contribution in [-0.4, -0.2) is 42.7 Å². The maximum Gasteiger partial charge on any atom is 0.0909 e. The quantitative estimate of drug-likeness (QED) is 0.799. The minimum Gasteiger partial charge on any atom is -0.374 e. The Balaban J connectivity index is 2.24. The number of nitrogens with zero attached hydrogens (tertiary/aromatic N) is 2. The normalized spacial score (nSPS) is 26.9. The molecule has 0 saturated carbocycles. The van der Waals surface area contributed by atoms with E-state index < -0.39 is 0 Å². The van der Waals surface area contributed by atoms with Crippen molar-refractivity contribution >= 4 is 0 Å². The fourth-order valence-corrected chi connectivity index (χ4v) is 2.13. The van der Waals surface area contributed by atoms with Crippen LogP contribution >= 0.6 is 0 Å². The molecule has 2 rings (SSSR count). The van der Waals surface area contributed by atoms with Gasteiger partial charge in [-0.25, -0.2) is 0 Å². The highest BCUT2D eigenvalue weighted by molar-refractivity contribution is 5.17. The fraction of sp³-hybridized carbons (Fsp3) is 0.583. The second-order valence-corrected chi connectivity index (χ2v) is 4.33. The number of hydrogen-bond acceptors (Lipinski definition) is 4. The van der Waals surface area contributed by atoms with Crippen LogP contribution in [0.3, 0.4) is 0 Å². The number of rotatable bonds is 2. The highest BCUT2D eigenvalue weighted by Crippen LogP contribution is 2.26. The first-order valence-electron chi connectivity index (χ1n) is 5.67. The predicted octanol–water partition coefficient (Wildman–Crippen LogP) is 0.720. The monoisotopic (exact) mass is 221 g/mol. The van der Waals surface area contributed by atoms with Crippen molar-refractivity contribution in [3.8, 4) is 0 Å². The molecule has 16 heavy (non-hydrogen) atoms. The molecule has 2 heterocycles. The number of aryl methyl sites for hydroxylation is 1. The first-order chi connectivity index (χ1) is 7.72. The predicted molar refractivity (Wildman–Crippen MR) is 63.1 cm³/mol. The van der Waals surface area contributed by atoms with Crippen LogP contribution < -0.4 is 5.73 Å². The third-order valence-electron chi connectivity index (χ3n) is 3.07. The summed E-state index contributed by atoms with van der Waals surface area (Å²) in [5, 5.41) is 0. The van der Waals surface area contributed by atoms with E-state index in [-0.39, 0.29) is 12.1 Å². The molecule has 1 fully saturated rings. The van der Waals surface area contributed by atoms with Crippen LogP contribution in [0.1, 0.15) is 17.3 Å². The van der Waals surface area contributed by atoms with E-state index in [9.17, 15) is 0 Å². The maximum atomic E-state index is 5.74. The second-order valence-electron chi connectivity index (χ2n) is 4.33. The van der Waals surface area contributed by atoms with Crippen molar-refractivity contribution in [2.24, 2.45) is 5.73 Å². The molecule has 2 N–H and O–H groups in total. The Labute approximate surface area is 96.4 Å². The molecular weight excluding hydrogens is 202 g/mol. The van der Waals surface area contributed by atoms with Gasteiger partial charge in [0, 0.05) is 19.3 Å². The molecule has 4 nitrogen and oxygen atoms in total. The van der Waals surface area contributed by atoms with Crippen LogP contribution in [0, 0.1) is 6.92 Å². The third kappa shape index (κ3) is 2.24. The average Bonchev–Trinajstić information content (AvgIpc) is 2.30. The lowest BCUT2D eigenvalue weighted by molar-refractivity contribution is -0.0590. The first-order valence-corrected chi connectivity index (χ1v) is 5.67. The van der Waals surface area contributed by atoms with Gasteiger partial charge in [-0.3, -0.25) is 9.88 Å². The van der Waals surface area contributed by atoms with Crippen LogP contribution in [0.25, 0.3) is 0 Å². The largest absolute Gasteiger partial charge is 0.374 e. The molecule has 2 unspecified atom stereocenters. The number of hydrogen-bond donors (Lipinski definition) is 1. The molecular formula is C12H19N3O. The van der Waals surface area contributed by atoms with Crippen LogP contribution in [0.4, 0.5) is 0 Å². The van der Waals surface area contributed by atoms with Crippen LogP contribution in [0.15, 0.2) is 18.3 Å². The van der Waals surface area contributed by atoms with Gasteiger partial charge in [0.25, 0.3) is 0 Å². The van der Waals surface area contributed by atoms with E-state index in [2.05, 4.69) is 29.1 Å². The molecule has 1 aliphatic rings. The van der Waals surface area contributed by atoms with Crippen LogP contribution in [0.2, 0.25) is 0 Å². The van der Waals surface area contributed by atoms with Gasteiger partial charge in [0.15, 0.2) is 0 Å². The zero-order chi connectivity index (χ0) is 11.5. The topological polar surface area (TPSA) is 51.4 Å². The van der Waals surface area contributed by atoms with Crippen molar-refractivity contribution in [1.29, 1.82) is 0 Å². The van der Waals surface area contributed by atoms with Gasteiger partial charge < -0.3 is 10.5 Å². The molecule has 1 saturated heterocycles. The number of likely N-dealkylation sites (N-methyl/N-ethyl adjacent to an activating group) is 1. The van der Waals surface area contributed by atoms with E-state index in [0.29, 0.717) is 6.54 Å². The Kier molecular flexibility index (Phi) is 3.53. The van der Waals surface area contributed by atoms with Gasteiger partial charge in [0.2, 0.25) is 0 Å². The van der Waals surface area contributed by atoms with Gasteiger partial charge in [-0.1, -0.05) is 6.07 Å². The van der Waals surface area contributed by atoms with Crippen molar-refractivity contribution in [1.82, 2.24) is 9.88 Å². The molecule has 0 bridgehead atoms. The summed E-state index contributed by atoms with van der Waals surface area (Å²) in [4.78, 5) is 6.74. The van der Waals surface area contributed by atoms with E-state index in [1.807, 2.05) is 13.1 Å². The first kappa shape index (κ1) is 11.5. The van der Waals surface area contributed by atoms with Crippen molar-refractivity contribution < 1.29 is 4.74 Å². The molecule has 1 aliphatic heterocycles. The molecule has 0 aliphatic carbocycles. The summed E-state index contributed by atoms with van der Waals surface area (Å²) in [6.07, 6.45) is 1.94. The molecule has 4 heteroatoms. The van der Waals surface area contributed by atoms with E-state index in [0.717, 1.165) is 18.8 Å². The smallest absolute Gasteiger partial charge is 0.0909 e. The standard InChI is InChI=1S/C12H19N3O/c1-9-3-4-10(14-8-9)12-11(7-13)16-6-5-15(12)2/h3-4,8,11-12H,5-7,13H2,1-2H3. The zero-order valence-electron chi connectivity index (χ0n) is 9.89. The Bertz CT molecular complexity index is 339. The minimum absolute atomic E-state index is 0.0500. The van der Waals surface area contributed by atoms with Gasteiger partial charge in [-0.2, -0.15) is 0 Å². The van der Waals surface area contributed by atoms with Gasteiger partial charge in [0.1, 0.15) is 0 Å². The Morgan fingerprint density at radius 1 is 1.56 bits per heavy atom. The van der Waals surface area contributed by atoms with Crippen LogP contribution in [-0.2, 0) is 4.74 Å². The van der Waals surface area contributed by atoms with E-state index in [1.165, 1.54) is 5.56 Å². The molecule has 0 spiro atoms. The lowest BCUT2D eigenvalue weighted by Crippen LogP contribution is -2.46. The number of ether oxygens (including phenoxy) is 1. The summed E-state index contributed by atoms with van der Waals surface area (Å²) >= 11 is 0. The average molecular weight is 221 g/mol. The second kappa shape index (κ2) is 4.91. The van der Waals surface area contributed by atoms with E-state index >= 15 is 0 Å². The molecule has 1 aromatic rings. The number of morpholine rings is 1. The zero-order valence-corrected chi connectivity index (χ0v) is 9.89. The Morgan fingerprint density at radius 3 is 3.00 bits per heavy atom. The summed E-state index contributed by atoms with van der Waals surface area (Å²) in [7, 11) is 2.09. The highest BCUT2D eigenvalue weighted by Gasteiger charge is 2.31. The maximum absolute atomic E-state index is 5.74. The molecule has 88 valence electrons. The molecule has 1 aromatic heterocycles. The van der Waals surface area contributed by atoms with Crippen LogP contribution in [0.5, 0.6) is 0 Å². The van der Waals surface area contributed by atoms with E-state index in [4.69, 9.17) is 10.5 Å². The lowest BCUT2D eigenvalue weighted by Gasteiger charge is -2.38. The van der Waals surface area contributed by atoms with Gasteiger partial charge in [0.05, 0.1) is 24.4 Å². The number of aromatic nitrogens is 1. The SMILES string of the molecule is Cc1ccc(C2C(CN)OCCN2C)nc1. The molecule has 2 atom stereocenters. The van der Waals surface area contributed by atoms with Crippen molar-refractivity contribution in [3.63, 3.8) is 0 Å². The third-order valence-corrected chi connectivity index (χ3v) is 3.07. The molecule has 0 radical (unpaired) electrons. The summed E-state index contributed by atoms with van der Waals surface area (Å²) in [6, 6.07) is 4.32. The summed E-state index contributed by atoms with van der Waals surface area (Å²) in [6.45, 7) is 4.25. The van der Waals surface area contributed by atoms with Gasteiger partial charge >= 0.3 is 0 Å². The number of pyridine rings is 1. The van der Waals surface area contributed by atoms with Gasteiger partial charge in [-0.15, -0.1) is 0 Å². The summed E-state index contributed by atoms with van der Waals surface area (Å²) in [5.74, 6) is 0. The minimum atomic E-state index is 0.0500. The van der Waals surface area contributed by atoms with Crippen molar-refractivity contribution in [2.45, 2.75) is 19.1 Å². The van der Waals surface area contributed by atoms with Crippen molar-refractivity contribution in [2.75, 3.05) is 26.7 Å². The Hall–Kier alpha value is -0.970. The molecule has 0 aromatic carbocycles. The van der Waals surface area contributed by atoms with Gasteiger partial charge in [-0.05, 0) is 25.6 Å². The highest BCUT2D eigenvalue weighted by atomic mass is 16.5.